The lowest BCUT2D eigenvalue weighted by Crippen LogP contribution is -2.28. The summed E-state index contributed by atoms with van der Waals surface area (Å²) in [6.07, 6.45) is 10.7. The Morgan fingerprint density at radius 1 is 1.10 bits per heavy atom. The van der Waals surface area contributed by atoms with Crippen LogP contribution in [0.4, 0.5) is 17.3 Å². The number of pyridine rings is 1. The van der Waals surface area contributed by atoms with E-state index >= 15 is 0 Å². The van der Waals surface area contributed by atoms with Crippen molar-refractivity contribution in [1.29, 1.82) is 0 Å². The van der Waals surface area contributed by atoms with Crippen LogP contribution >= 0.6 is 0 Å². The molecule has 1 unspecified atom stereocenters. The van der Waals surface area contributed by atoms with E-state index in [4.69, 9.17) is 4.74 Å². The van der Waals surface area contributed by atoms with E-state index in [-0.39, 0.29) is 24.0 Å². The van der Waals surface area contributed by atoms with Gasteiger partial charge < -0.3 is 25.6 Å². The highest BCUT2D eigenvalue weighted by molar-refractivity contribution is 7.90. The Morgan fingerprint density at radius 3 is 2.67 bits per heavy atom. The van der Waals surface area contributed by atoms with Crippen molar-refractivity contribution >= 4 is 27.3 Å². The minimum atomic E-state index is -3.48. The molecule has 0 radical (unpaired) electrons. The molecule has 0 spiro atoms. The highest BCUT2D eigenvalue weighted by Gasteiger charge is 2.37. The Bertz CT molecular complexity index is 1550. The van der Waals surface area contributed by atoms with Gasteiger partial charge in [-0.25, -0.2) is 23.4 Å². The molecule has 2 saturated carbocycles. The van der Waals surface area contributed by atoms with Gasteiger partial charge in [-0.05, 0) is 44.6 Å². The molecule has 6 rings (SSSR count). The third-order valence-electron chi connectivity index (χ3n) is 7.33. The van der Waals surface area contributed by atoms with Gasteiger partial charge in [0.2, 0.25) is 0 Å². The van der Waals surface area contributed by atoms with Crippen LogP contribution in [0, 0.1) is 11.8 Å². The summed E-state index contributed by atoms with van der Waals surface area (Å²) >= 11 is 0. The average molecular weight is 566 g/mol. The first-order chi connectivity index (χ1) is 19.3. The molecule has 3 aliphatic rings. The molecule has 4 N–H and O–H groups in total. The monoisotopic (exact) mass is 565 g/mol. The van der Waals surface area contributed by atoms with Gasteiger partial charge >= 0.3 is 0 Å². The van der Waals surface area contributed by atoms with E-state index in [0.29, 0.717) is 54.5 Å². The second-order valence-corrected chi connectivity index (χ2v) is 12.7. The summed E-state index contributed by atoms with van der Waals surface area (Å²) in [5.74, 6) is 7.34. The van der Waals surface area contributed by atoms with Crippen LogP contribution in [0.15, 0.2) is 36.9 Å². The smallest absolute Gasteiger partial charge is 0.256 e. The molecule has 210 valence electrons. The third-order valence-corrected chi connectivity index (χ3v) is 9.36. The van der Waals surface area contributed by atoms with E-state index < -0.39 is 15.6 Å². The molecule has 3 aromatic heterocycles. The normalized spacial score (nSPS) is 24.8. The van der Waals surface area contributed by atoms with Gasteiger partial charge in [-0.2, -0.15) is 9.19 Å². The number of anilines is 3. The van der Waals surface area contributed by atoms with Crippen molar-refractivity contribution in [2.45, 2.75) is 67.9 Å². The van der Waals surface area contributed by atoms with Gasteiger partial charge in [-0.15, -0.1) is 0 Å². The van der Waals surface area contributed by atoms with E-state index in [2.05, 4.69) is 42.5 Å². The molecule has 0 aromatic carbocycles. The lowest BCUT2D eigenvalue weighted by Gasteiger charge is -2.27. The predicted octanol–water partition coefficient (Wildman–Crippen LogP) is 2.04. The molecule has 2 aliphatic carbocycles. The quantitative estimate of drug-likeness (QED) is 0.310. The van der Waals surface area contributed by atoms with Gasteiger partial charge in [-0.3, -0.25) is 0 Å². The maximum atomic E-state index is 12.5. The highest BCUT2D eigenvalue weighted by atomic mass is 32.2. The van der Waals surface area contributed by atoms with E-state index in [1.54, 1.807) is 18.5 Å². The molecule has 1 atom stereocenters. The number of aromatic nitrogens is 5. The van der Waals surface area contributed by atoms with Crippen LogP contribution in [0.25, 0.3) is 11.4 Å². The number of nitrogens with one attached hydrogen (secondary N) is 2. The lowest BCUT2D eigenvalue weighted by atomic mass is 9.93. The molecule has 40 heavy (non-hydrogen) atoms. The zero-order valence-corrected chi connectivity index (χ0v) is 22.6. The molecular weight excluding hydrogens is 534 g/mol. The highest BCUT2D eigenvalue weighted by Crippen LogP contribution is 2.31. The molecule has 4 heterocycles. The minimum absolute atomic E-state index is 0.172. The van der Waals surface area contributed by atoms with E-state index in [9.17, 15) is 18.6 Å². The molecule has 1 saturated heterocycles. The Morgan fingerprint density at radius 2 is 1.93 bits per heavy atom. The Kier molecular flexibility index (Phi) is 7.18. The summed E-state index contributed by atoms with van der Waals surface area (Å²) in [5.41, 5.74) is 0.716. The first kappa shape index (κ1) is 26.6. The fourth-order valence-electron chi connectivity index (χ4n) is 4.80. The molecule has 3 aromatic rings. The standard InChI is InChI=1S/C27H31N7O5S/c35-21-3-1-20(2-4-21)31-23-13-25(29-14-18(23)7-9-27(36)10-12-39-17-27)32-24-8-11-28-26(33-24)19-15-30-34(16-19)40(37,38)22-5-6-22/h8,11,13-16,20-22,35-36H,1-6,10,12,17H2,(H2,28,29,31,32,33). The molecule has 13 heteroatoms. The molecular formula is C27H31N7O5S. The first-order valence-electron chi connectivity index (χ1n) is 13.4. The largest absolute Gasteiger partial charge is 0.393 e. The van der Waals surface area contributed by atoms with Crippen LogP contribution in [-0.2, 0) is 14.8 Å². The number of aliphatic hydroxyl groups is 2. The maximum absolute atomic E-state index is 12.5. The van der Waals surface area contributed by atoms with Crippen molar-refractivity contribution in [1.82, 2.24) is 24.1 Å². The van der Waals surface area contributed by atoms with E-state index in [0.717, 1.165) is 35.5 Å². The summed E-state index contributed by atoms with van der Waals surface area (Å²) in [6, 6.07) is 3.70. The summed E-state index contributed by atoms with van der Waals surface area (Å²) in [7, 11) is -3.48. The van der Waals surface area contributed by atoms with Gasteiger partial charge in [0.1, 0.15) is 11.6 Å². The average Bonchev–Trinajstić information content (AvgIpc) is 3.53. The van der Waals surface area contributed by atoms with Crippen molar-refractivity contribution in [3.8, 4) is 23.2 Å². The second-order valence-electron chi connectivity index (χ2n) is 10.6. The number of ether oxygens (including phenoxy) is 1. The molecule has 0 bridgehead atoms. The Hall–Kier alpha value is -3.57. The van der Waals surface area contributed by atoms with Gasteiger partial charge in [-0.1, -0.05) is 11.8 Å². The Balaban J connectivity index is 1.24. The summed E-state index contributed by atoms with van der Waals surface area (Å²) < 4.78 is 31.3. The fourth-order valence-corrected chi connectivity index (χ4v) is 6.27. The summed E-state index contributed by atoms with van der Waals surface area (Å²) in [6.45, 7) is 0.650. The minimum Gasteiger partial charge on any atom is -0.393 e. The second kappa shape index (κ2) is 10.8. The van der Waals surface area contributed by atoms with E-state index in [1.165, 1.54) is 12.4 Å². The fraction of sp³-hybridized carbons (Fsp3) is 0.481. The zero-order valence-electron chi connectivity index (χ0n) is 21.8. The van der Waals surface area contributed by atoms with Crippen LogP contribution in [0.2, 0.25) is 0 Å². The van der Waals surface area contributed by atoms with Gasteiger partial charge in [0, 0.05) is 30.9 Å². The molecule has 12 nitrogen and oxygen atoms in total. The summed E-state index contributed by atoms with van der Waals surface area (Å²) in [5, 5.41) is 30.9. The van der Waals surface area contributed by atoms with E-state index in [1.807, 2.05) is 6.07 Å². The lowest BCUT2D eigenvalue weighted by molar-refractivity contribution is 0.0765. The van der Waals surface area contributed by atoms with Gasteiger partial charge in [0.25, 0.3) is 10.0 Å². The maximum Gasteiger partial charge on any atom is 0.256 e. The summed E-state index contributed by atoms with van der Waals surface area (Å²) in [4.78, 5) is 13.3. The van der Waals surface area contributed by atoms with Gasteiger partial charge in [0.05, 0.1) is 53.8 Å². The number of aliphatic hydroxyl groups excluding tert-OH is 1. The molecule has 1 aliphatic heterocycles. The van der Waals surface area contributed by atoms with Crippen molar-refractivity contribution < 1.29 is 23.4 Å². The molecule has 0 amide bonds. The van der Waals surface area contributed by atoms with Crippen molar-refractivity contribution in [2.75, 3.05) is 23.8 Å². The first-order valence-corrected chi connectivity index (χ1v) is 15.0. The number of hydrogen-bond acceptors (Lipinski definition) is 11. The SMILES string of the molecule is O=S(=O)(C1CC1)n1cc(-c2nccc(Nc3cc(NC4CCC(O)CC4)c(C#CC4(O)CCOC4)cn3)n2)cn1. The van der Waals surface area contributed by atoms with Crippen LogP contribution in [0.5, 0.6) is 0 Å². The van der Waals surface area contributed by atoms with Crippen molar-refractivity contribution in [3.63, 3.8) is 0 Å². The van der Waals surface area contributed by atoms with Crippen molar-refractivity contribution in [2.24, 2.45) is 0 Å². The third kappa shape index (κ3) is 5.95. The predicted molar refractivity (Wildman–Crippen MR) is 147 cm³/mol. The number of nitrogens with zero attached hydrogens (tertiary/aromatic N) is 5. The van der Waals surface area contributed by atoms with Crippen LogP contribution in [0.3, 0.4) is 0 Å². The van der Waals surface area contributed by atoms with Gasteiger partial charge in [0.15, 0.2) is 11.4 Å². The van der Waals surface area contributed by atoms with Crippen LogP contribution in [-0.4, -0.2) is 79.0 Å². The zero-order chi connectivity index (χ0) is 27.7. The topological polar surface area (TPSA) is 164 Å². The Labute approximate surface area is 232 Å². The van der Waals surface area contributed by atoms with Crippen molar-refractivity contribution in [3.05, 3.63) is 42.5 Å². The van der Waals surface area contributed by atoms with Crippen LogP contribution < -0.4 is 10.6 Å². The molecule has 3 fully saturated rings. The number of hydrogen-bond donors (Lipinski definition) is 4. The number of rotatable bonds is 7. The van der Waals surface area contributed by atoms with Crippen LogP contribution in [0.1, 0.15) is 50.5 Å².